The number of benzene rings is 1. The highest BCUT2D eigenvalue weighted by molar-refractivity contribution is 9.10. The first-order chi connectivity index (χ1) is 8.41. The van der Waals surface area contributed by atoms with Gasteiger partial charge in [0.15, 0.2) is 0 Å². The molecule has 0 heterocycles. The van der Waals surface area contributed by atoms with Crippen LogP contribution < -0.4 is 5.32 Å². The highest BCUT2D eigenvalue weighted by Gasteiger charge is 2.15. The summed E-state index contributed by atoms with van der Waals surface area (Å²) in [6, 6.07) is 4.13. The Morgan fingerprint density at radius 3 is 2.78 bits per heavy atom. The predicted molar refractivity (Wildman–Crippen MR) is 72.1 cm³/mol. The fourth-order valence-electron chi connectivity index (χ4n) is 1.20. The van der Waals surface area contributed by atoms with Gasteiger partial charge in [-0.15, -0.1) is 0 Å². The van der Waals surface area contributed by atoms with Gasteiger partial charge in [0.25, 0.3) is 11.6 Å². The summed E-state index contributed by atoms with van der Waals surface area (Å²) >= 11 is 3.04. The maximum atomic E-state index is 11.7. The summed E-state index contributed by atoms with van der Waals surface area (Å²) in [5.74, 6) is -0.0688. The molecule has 0 radical (unpaired) electrons. The third-order valence-electron chi connectivity index (χ3n) is 2.08. The normalized spacial score (nSPS) is 11.9. The average Bonchev–Trinajstić information content (AvgIpc) is 2.28. The Bertz CT molecular complexity index is 507. The number of carbonyl (C=O) groups is 1. The molecule has 1 aromatic carbocycles. The number of hydrogen-bond acceptors (Lipinski definition) is 4. The van der Waals surface area contributed by atoms with Crippen LogP contribution in [0.3, 0.4) is 0 Å². The second-order valence-electron chi connectivity index (χ2n) is 3.46. The number of hydrogen-bond donors (Lipinski definition) is 1. The molecule has 0 bridgehead atoms. The van der Waals surface area contributed by atoms with Gasteiger partial charge in [0.1, 0.15) is 0 Å². The second kappa shape index (κ2) is 6.60. The minimum absolute atomic E-state index is 0.165. The number of nitro benzene ring substituents is 1. The molecule has 18 heavy (non-hydrogen) atoms. The summed E-state index contributed by atoms with van der Waals surface area (Å²) in [5, 5.41) is 13.2. The van der Waals surface area contributed by atoms with Crippen LogP contribution in [-0.4, -0.2) is 33.6 Å². The molecule has 1 unspecified atom stereocenters. The van der Waals surface area contributed by atoms with Crippen LogP contribution in [-0.2, 0) is 10.8 Å². The Balaban J connectivity index is 2.77. The first kappa shape index (κ1) is 14.8. The van der Waals surface area contributed by atoms with E-state index in [2.05, 4.69) is 21.2 Å². The van der Waals surface area contributed by atoms with Crippen molar-refractivity contribution in [3.05, 3.63) is 38.3 Å². The van der Waals surface area contributed by atoms with Crippen molar-refractivity contribution in [2.45, 2.75) is 0 Å². The zero-order valence-electron chi connectivity index (χ0n) is 9.51. The van der Waals surface area contributed by atoms with Crippen molar-refractivity contribution in [1.82, 2.24) is 5.32 Å². The topological polar surface area (TPSA) is 89.3 Å². The molecular weight excluding hydrogens is 324 g/mol. The quantitative estimate of drug-likeness (QED) is 0.652. The van der Waals surface area contributed by atoms with E-state index < -0.39 is 21.6 Å². The largest absolute Gasteiger partial charge is 0.351 e. The molecule has 1 aromatic rings. The smallest absolute Gasteiger partial charge is 0.284 e. The first-order valence-electron chi connectivity index (χ1n) is 4.94. The lowest BCUT2D eigenvalue weighted by molar-refractivity contribution is -0.385. The van der Waals surface area contributed by atoms with Crippen LogP contribution in [0.25, 0.3) is 0 Å². The molecule has 0 aliphatic carbocycles. The molecule has 98 valence electrons. The van der Waals surface area contributed by atoms with Gasteiger partial charge >= 0.3 is 0 Å². The Morgan fingerprint density at radius 1 is 1.56 bits per heavy atom. The van der Waals surface area contributed by atoms with Crippen molar-refractivity contribution in [3.63, 3.8) is 0 Å². The van der Waals surface area contributed by atoms with E-state index in [1.54, 1.807) is 0 Å². The highest BCUT2D eigenvalue weighted by atomic mass is 79.9. The van der Waals surface area contributed by atoms with Gasteiger partial charge in [-0.3, -0.25) is 19.1 Å². The van der Waals surface area contributed by atoms with Crippen molar-refractivity contribution in [1.29, 1.82) is 0 Å². The first-order valence-corrected chi connectivity index (χ1v) is 7.46. The molecule has 0 saturated carbocycles. The van der Waals surface area contributed by atoms with Crippen LogP contribution in [0.4, 0.5) is 5.69 Å². The zero-order valence-corrected chi connectivity index (χ0v) is 11.9. The third-order valence-corrected chi connectivity index (χ3v) is 3.53. The van der Waals surface area contributed by atoms with Crippen LogP contribution >= 0.6 is 15.9 Å². The van der Waals surface area contributed by atoms with Gasteiger partial charge in [0, 0.05) is 41.0 Å². The highest BCUT2D eigenvalue weighted by Crippen LogP contribution is 2.25. The molecule has 0 saturated heterocycles. The summed E-state index contributed by atoms with van der Waals surface area (Å²) < 4.78 is 11.1. The Morgan fingerprint density at radius 2 is 2.22 bits per heavy atom. The zero-order chi connectivity index (χ0) is 13.7. The average molecular weight is 335 g/mol. The number of carbonyl (C=O) groups excluding carboxylic acids is 1. The van der Waals surface area contributed by atoms with Gasteiger partial charge in [-0.05, 0) is 28.1 Å². The molecule has 0 aliphatic heterocycles. The maximum Gasteiger partial charge on any atom is 0.284 e. The summed E-state index contributed by atoms with van der Waals surface area (Å²) in [6.07, 6.45) is 1.54. The standard InChI is InChI=1S/C10H11BrN2O4S/c1-18(17)5-4-12-10(14)7-2-3-8(11)9(6-7)13(15)16/h2-3,6H,4-5H2,1H3,(H,12,14). The van der Waals surface area contributed by atoms with Crippen molar-refractivity contribution < 1.29 is 13.9 Å². The van der Waals surface area contributed by atoms with Crippen molar-refractivity contribution in [3.8, 4) is 0 Å². The molecule has 0 fully saturated rings. The molecule has 0 spiro atoms. The molecule has 6 nitrogen and oxygen atoms in total. The van der Waals surface area contributed by atoms with Crippen LogP contribution in [0.1, 0.15) is 10.4 Å². The monoisotopic (exact) mass is 334 g/mol. The second-order valence-corrected chi connectivity index (χ2v) is 5.87. The lowest BCUT2D eigenvalue weighted by Gasteiger charge is -2.04. The molecular formula is C10H11BrN2O4S. The summed E-state index contributed by atoms with van der Waals surface area (Å²) in [6.45, 7) is 0.270. The number of nitro groups is 1. The SMILES string of the molecule is CS(=O)CCNC(=O)c1ccc(Br)c([N+](=O)[O-])c1. The van der Waals surface area contributed by atoms with Gasteiger partial charge in [0.05, 0.1) is 9.40 Å². The number of amides is 1. The van der Waals surface area contributed by atoms with E-state index in [1.807, 2.05) is 0 Å². The lowest BCUT2D eigenvalue weighted by atomic mass is 10.2. The van der Waals surface area contributed by atoms with E-state index in [4.69, 9.17) is 0 Å². The van der Waals surface area contributed by atoms with Crippen molar-refractivity contribution in [2.24, 2.45) is 0 Å². The van der Waals surface area contributed by atoms with Gasteiger partial charge in [0.2, 0.25) is 0 Å². The van der Waals surface area contributed by atoms with Crippen molar-refractivity contribution >= 4 is 38.3 Å². The Labute approximate surface area is 114 Å². The van der Waals surface area contributed by atoms with Crippen LogP contribution in [0.2, 0.25) is 0 Å². The number of nitrogens with zero attached hydrogens (tertiary/aromatic N) is 1. The van der Waals surface area contributed by atoms with Crippen molar-refractivity contribution in [2.75, 3.05) is 18.6 Å². The third kappa shape index (κ3) is 4.19. The number of halogens is 1. The minimum atomic E-state index is -0.984. The van der Waals surface area contributed by atoms with Crippen LogP contribution in [0.5, 0.6) is 0 Å². The summed E-state index contributed by atoms with van der Waals surface area (Å²) in [7, 11) is -0.984. The molecule has 0 aliphatic rings. The fourth-order valence-corrected chi connectivity index (χ4v) is 1.99. The van der Waals surface area contributed by atoms with Crippen LogP contribution in [0.15, 0.2) is 22.7 Å². The number of nitrogens with one attached hydrogen (secondary N) is 1. The molecule has 0 aromatic heterocycles. The molecule has 1 rings (SSSR count). The van der Waals surface area contributed by atoms with Crippen LogP contribution in [0, 0.1) is 10.1 Å². The molecule has 1 N–H and O–H groups in total. The van der Waals surface area contributed by atoms with E-state index in [0.29, 0.717) is 10.2 Å². The van der Waals surface area contributed by atoms with E-state index >= 15 is 0 Å². The molecule has 8 heteroatoms. The van der Waals surface area contributed by atoms with E-state index in [0.717, 1.165) is 0 Å². The van der Waals surface area contributed by atoms with E-state index in [9.17, 15) is 19.1 Å². The predicted octanol–water partition coefficient (Wildman–Crippen LogP) is 1.47. The molecule has 1 atom stereocenters. The van der Waals surface area contributed by atoms with Gasteiger partial charge < -0.3 is 5.32 Å². The van der Waals surface area contributed by atoms with Gasteiger partial charge in [-0.1, -0.05) is 0 Å². The van der Waals surface area contributed by atoms with Gasteiger partial charge in [-0.25, -0.2) is 0 Å². The summed E-state index contributed by atoms with van der Waals surface area (Å²) in [4.78, 5) is 21.8. The fraction of sp³-hybridized carbons (Fsp3) is 0.300. The number of rotatable bonds is 5. The lowest BCUT2D eigenvalue weighted by Crippen LogP contribution is -2.27. The van der Waals surface area contributed by atoms with E-state index in [1.165, 1.54) is 24.5 Å². The Kier molecular flexibility index (Phi) is 5.42. The van der Waals surface area contributed by atoms with Gasteiger partial charge in [-0.2, -0.15) is 0 Å². The van der Waals surface area contributed by atoms with E-state index in [-0.39, 0.29) is 17.8 Å². The minimum Gasteiger partial charge on any atom is -0.351 e. The summed E-state index contributed by atoms with van der Waals surface area (Å²) in [5.41, 5.74) is 0.0357. The molecule has 1 amide bonds. The Hall–Kier alpha value is -1.28. The maximum absolute atomic E-state index is 11.7.